The van der Waals surface area contributed by atoms with E-state index in [1.807, 2.05) is 19.1 Å². The van der Waals surface area contributed by atoms with E-state index in [0.717, 1.165) is 5.56 Å². The molecule has 0 fully saturated rings. The summed E-state index contributed by atoms with van der Waals surface area (Å²) < 4.78 is 0. The monoisotopic (exact) mass is 199 g/mol. The molecular formula is C14H17N. The molecule has 0 atom stereocenters. The van der Waals surface area contributed by atoms with Gasteiger partial charge < -0.3 is 5.73 Å². The zero-order valence-electron chi connectivity index (χ0n) is 9.11. The molecule has 78 valence electrons. The van der Waals surface area contributed by atoms with Crippen LogP contribution in [0.15, 0.2) is 55.1 Å². The van der Waals surface area contributed by atoms with E-state index in [9.17, 15) is 0 Å². The van der Waals surface area contributed by atoms with Crippen molar-refractivity contribution < 1.29 is 0 Å². The first kappa shape index (κ1) is 11.5. The molecule has 1 rings (SSSR count). The van der Waals surface area contributed by atoms with Gasteiger partial charge in [-0.05, 0) is 23.6 Å². The van der Waals surface area contributed by atoms with Gasteiger partial charge in [-0.1, -0.05) is 55.1 Å². The van der Waals surface area contributed by atoms with Gasteiger partial charge in [0.25, 0.3) is 0 Å². The Labute approximate surface area is 91.6 Å². The van der Waals surface area contributed by atoms with E-state index in [-0.39, 0.29) is 0 Å². The second-order valence-corrected chi connectivity index (χ2v) is 3.24. The molecule has 0 aromatic heterocycles. The fraction of sp³-hybridized carbons (Fsp3) is 0.143. The maximum Gasteiger partial charge on any atom is 0.0178 e. The number of benzene rings is 1. The highest BCUT2D eigenvalue weighted by molar-refractivity contribution is 5.74. The first-order valence-electron chi connectivity index (χ1n) is 5.06. The van der Waals surface area contributed by atoms with Gasteiger partial charge in [0, 0.05) is 6.54 Å². The van der Waals surface area contributed by atoms with E-state index in [1.54, 1.807) is 6.08 Å². The number of nitrogens with two attached hydrogens (primary N) is 1. The average Bonchev–Trinajstić information content (AvgIpc) is 2.31. The summed E-state index contributed by atoms with van der Waals surface area (Å²) >= 11 is 0. The predicted molar refractivity (Wildman–Crippen MR) is 67.3 cm³/mol. The Balaban J connectivity index is 2.93. The molecule has 2 N–H and O–H groups in total. The van der Waals surface area contributed by atoms with Crippen molar-refractivity contribution in [2.75, 3.05) is 0 Å². The third kappa shape index (κ3) is 3.22. The van der Waals surface area contributed by atoms with Crippen LogP contribution >= 0.6 is 0 Å². The maximum absolute atomic E-state index is 5.55. The second-order valence-electron chi connectivity index (χ2n) is 3.24. The quantitative estimate of drug-likeness (QED) is 0.740. The van der Waals surface area contributed by atoms with Gasteiger partial charge in [0.1, 0.15) is 0 Å². The maximum atomic E-state index is 5.55. The molecule has 1 aromatic carbocycles. The summed E-state index contributed by atoms with van der Waals surface area (Å²) in [7, 11) is 0. The van der Waals surface area contributed by atoms with Crippen LogP contribution in [0.4, 0.5) is 0 Å². The van der Waals surface area contributed by atoms with Gasteiger partial charge in [0.2, 0.25) is 0 Å². The lowest BCUT2D eigenvalue weighted by molar-refractivity contribution is 1.07. The van der Waals surface area contributed by atoms with Crippen molar-refractivity contribution >= 4 is 5.57 Å². The Kier molecular flexibility index (Phi) is 4.58. The van der Waals surface area contributed by atoms with Gasteiger partial charge in [-0.2, -0.15) is 0 Å². The third-order valence-corrected chi connectivity index (χ3v) is 2.25. The molecule has 0 radical (unpaired) electrons. The molecule has 0 heterocycles. The first-order chi connectivity index (χ1) is 7.31. The number of hydrogen-bond acceptors (Lipinski definition) is 1. The van der Waals surface area contributed by atoms with Crippen LogP contribution in [-0.4, -0.2) is 0 Å². The van der Waals surface area contributed by atoms with E-state index in [1.165, 1.54) is 11.1 Å². The minimum Gasteiger partial charge on any atom is -0.326 e. The van der Waals surface area contributed by atoms with Crippen LogP contribution in [0.2, 0.25) is 0 Å². The van der Waals surface area contributed by atoms with Crippen LogP contribution < -0.4 is 5.73 Å². The smallest absolute Gasteiger partial charge is 0.0178 e. The molecule has 0 aliphatic rings. The lowest BCUT2D eigenvalue weighted by Crippen LogP contribution is -1.95. The van der Waals surface area contributed by atoms with Crippen molar-refractivity contribution in [3.05, 3.63) is 66.3 Å². The Morgan fingerprint density at radius 2 is 2.00 bits per heavy atom. The molecule has 0 saturated heterocycles. The normalized spacial score (nSPS) is 12.0. The summed E-state index contributed by atoms with van der Waals surface area (Å²) in [6.45, 7) is 6.28. The summed E-state index contributed by atoms with van der Waals surface area (Å²) in [5.74, 6) is 0. The summed E-state index contributed by atoms with van der Waals surface area (Å²) in [4.78, 5) is 0. The van der Waals surface area contributed by atoms with Crippen molar-refractivity contribution in [1.29, 1.82) is 0 Å². The Hall–Kier alpha value is -1.60. The first-order valence-corrected chi connectivity index (χ1v) is 5.06. The van der Waals surface area contributed by atoms with Crippen LogP contribution in [0.3, 0.4) is 0 Å². The largest absolute Gasteiger partial charge is 0.326 e. The molecule has 0 spiro atoms. The molecule has 0 saturated carbocycles. The zero-order chi connectivity index (χ0) is 11.1. The van der Waals surface area contributed by atoms with E-state index in [2.05, 4.69) is 36.9 Å². The number of rotatable bonds is 4. The van der Waals surface area contributed by atoms with Crippen molar-refractivity contribution in [1.82, 2.24) is 0 Å². The van der Waals surface area contributed by atoms with Gasteiger partial charge in [-0.25, -0.2) is 0 Å². The average molecular weight is 199 g/mol. The van der Waals surface area contributed by atoms with Gasteiger partial charge in [0.05, 0.1) is 0 Å². The molecule has 1 aromatic rings. The summed E-state index contributed by atoms with van der Waals surface area (Å²) in [5, 5.41) is 0. The Bertz CT molecular complexity index is 369. The Morgan fingerprint density at radius 1 is 1.33 bits per heavy atom. The SMILES string of the molecule is C=C/C=C\C(=C/C)c1ccc(CN)cc1. The third-order valence-electron chi connectivity index (χ3n) is 2.25. The molecule has 0 aliphatic carbocycles. The molecule has 15 heavy (non-hydrogen) atoms. The van der Waals surface area contributed by atoms with E-state index < -0.39 is 0 Å². The van der Waals surface area contributed by atoms with Crippen molar-refractivity contribution in [2.45, 2.75) is 13.5 Å². The highest BCUT2D eigenvalue weighted by Crippen LogP contribution is 2.16. The summed E-state index contributed by atoms with van der Waals surface area (Å²) in [6, 6.07) is 8.29. The molecule has 0 bridgehead atoms. The lowest BCUT2D eigenvalue weighted by Gasteiger charge is -2.03. The van der Waals surface area contributed by atoms with E-state index >= 15 is 0 Å². The van der Waals surface area contributed by atoms with E-state index in [4.69, 9.17) is 5.73 Å². The van der Waals surface area contributed by atoms with Crippen LogP contribution in [0.25, 0.3) is 5.57 Å². The highest BCUT2D eigenvalue weighted by Gasteiger charge is 1.96. The van der Waals surface area contributed by atoms with E-state index in [0.29, 0.717) is 6.54 Å². The minimum absolute atomic E-state index is 0.591. The standard InChI is InChI=1S/C14H17N/c1-3-5-6-13(4-2)14-9-7-12(11-15)8-10-14/h3-10H,1,11,15H2,2H3/b6-5-,13-4+. The van der Waals surface area contributed by atoms with Crippen molar-refractivity contribution in [2.24, 2.45) is 5.73 Å². The van der Waals surface area contributed by atoms with Crippen LogP contribution in [-0.2, 0) is 6.54 Å². The molecule has 1 heteroatoms. The van der Waals surface area contributed by atoms with Crippen LogP contribution in [0, 0.1) is 0 Å². The van der Waals surface area contributed by atoms with Gasteiger partial charge in [0.15, 0.2) is 0 Å². The topological polar surface area (TPSA) is 26.0 Å². The van der Waals surface area contributed by atoms with Gasteiger partial charge >= 0.3 is 0 Å². The lowest BCUT2D eigenvalue weighted by atomic mass is 10.0. The second kappa shape index (κ2) is 5.99. The molecule has 0 unspecified atom stereocenters. The van der Waals surface area contributed by atoms with Crippen molar-refractivity contribution in [3.63, 3.8) is 0 Å². The molecular weight excluding hydrogens is 182 g/mol. The Morgan fingerprint density at radius 3 is 2.47 bits per heavy atom. The molecule has 1 nitrogen and oxygen atoms in total. The molecule has 0 aliphatic heterocycles. The highest BCUT2D eigenvalue weighted by atomic mass is 14.5. The predicted octanol–water partition coefficient (Wildman–Crippen LogP) is 3.29. The zero-order valence-corrected chi connectivity index (χ0v) is 9.11. The van der Waals surface area contributed by atoms with Crippen LogP contribution in [0.1, 0.15) is 18.1 Å². The van der Waals surface area contributed by atoms with Gasteiger partial charge in [-0.15, -0.1) is 0 Å². The minimum atomic E-state index is 0.591. The fourth-order valence-electron chi connectivity index (χ4n) is 1.36. The fourth-order valence-corrected chi connectivity index (χ4v) is 1.36. The number of allylic oxidation sites excluding steroid dienone is 5. The number of hydrogen-bond donors (Lipinski definition) is 1. The van der Waals surface area contributed by atoms with Crippen LogP contribution in [0.5, 0.6) is 0 Å². The van der Waals surface area contributed by atoms with Gasteiger partial charge in [-0.3, -0.25) is 0 Å². The molecule has 0 amide bonds. The summed E-state index contributed by atoms with van der Waals surface area (Å²) in [5.41, 5.74) is 9.10. The van der Waals surface area contributed by atoms with Crippen molar-refractivity contribution in [3.8, 4) is 0 Å². The summed E-state index contributed by atoms with van der Waals surface area (Å²) in [6.07, 6.45) is 7.84.